The van der Waals surface area contributed by atoms with E-state index in [1.54, 1.807) is 0 Å². The minimum absolute atomic E-state index is 0.000662. The number of ether oxygens (including phenoxy) is 1. The van der Waals surface area contributed by atoms with Gasteiger partial charge < -0.3 is 9.84 Å². The van der Waals surface area contributed by atoms with E-state index in [2.05, 4.69) is 14.8 Å². The minimum Gasteiger partial charge on any atom is -0.481 e. The van der Waals surface area contributed by atoms with Gasteiger partial charge in [-0.3, -0.25) is 9.78 Å². The molecule has 2 aromatic heterocycles. The van der Waals surface area contributed by atoms with Crippen LogP contribution in [0.1, 0.15) is 6.42 Å². The molecule has 1 N–H and O–H groups in total. The van der Waals surface area contributed by atoms with Crippen molar-refractivity contribution < 1.29 is 41.3 Å². The van der Waals surface area contributed by atoms with E-state index in [-0.39, 0.29) is 18.7 Å². The van der Waals surface area contributed by atoms with Gasteiger partial charge in [0.15, 0.2) is 18.6 Å². The molecule has 0 aliphatic heterocycles. The van der Waals surface area contributed by atoms with Gasteiger partial charge in [-0.1, -0.05) is 4.68 Å². The molecule has 0 fully saturated rings. The largest absolute Gasteiger partial charge is 0.481 e. The van der Waals surface area contributed by atoms with E-state index < -0.39 is 30.4 Å². The summed E-state index contributed by atoms with van der Waals surface area (Å²) in [6.07, 6.45) is -0.438. The molecule has 2 aromatic rings. The Morgan fingerprint density at radius 1 is 1.31 bits per heavy atom. The Labute approximate surface area is 144 Å². The number of rotatable bonds is 5. The lowest BCUT2D eigenvalue weighted by Crippen LogP contribution is -2.38. The van der Waals surface area contributed by atoms with Gasteiger partial charge in [0.1, 0.15) is 30.7 Å². The van der Waals surface area contributed by atoms with Crippen molar-refractivity contribution in [2.24, 2.45) is 0 Å². The van der Waals surface area contributed by atoms with Crippen molar-refractivity contribution in [3.05, 3.63) is 42.4 Å². The number of pyridine rings is 1. The van der Waals surface area contributed by atoms with Crippen LogP contribution < -0.4 is 4.68 Å². The highest BCUT2D eigenvalue weighted by molar-refractivity contribution is 5.66. The number of halogens is 5. The van der Waals surface area contributed by atoms with Gasteiger partial charge in [0.05, 0.1) is 6.20 Å². The Balaban J connectivity index is 0.000000412. The number of carboxylic acids is 1. The van der Waals surface area contributed by atoms with E-state index >= 15 is 0 Å². The van der Waals surface area contributed by atoms with Gasteiger partial charge in [-0.2, -0.15) is 13.2 Å². The van der Waals surface area contributed by atoms with E-state index in [1.165, 1.54) is 23.1 Å². The first kappa shape index (κ1) is 21.4. The SMILES string of the molecule is COCC(F)(F)F.O=C(O)CC[n+]1ccc(-c2ncc(F)cc2F)cn1. The van der Waals surface area contributed by atoms with E-state index in [0.717, 1.165) is 19.4 Å². The predicted octanol–water partition coefficient (Wildman–Crippen LogP) is 2.38. The van der Waals surface area contributed by atoms with Crippen LogP contribution in [0.5, 0.6) is 0 Å². The first-order chi connectivity index (χ1) is 12.1. The third kappa shape index (κ3) is 7.92. The maximum Gasteiger partial charge on any atom is 0.411 e. The lowest BCUT2D eigenvalue weighted by Gasteiger charge is -2.01. The van der Waals surface area contributed by atoms with Crippen LogP contribution in [0.2, 0.25) is 0 Å². The fraction of sp³-hybridized carbons (Fsp3) is 0.333. The monoisotopic (exact) mass is 380 g/mol. The summed E-state index contributed by atoms with van der Waals surface area (Å²) in [4.78, 5) is 14.1. The Kier molecular flexibility index (Phi) is 7.97. The molecule has 0 bridgehead atoms. The summed E-state index contributed by atoms with van der Waals surface area (Å²) < 4.78 is 64.2. The summed E-state index contributed by atoms with van der Waals surface area (Å²) in [5, 5.41) is 12.5. The first-order valence-electron chi connectivity index (χ1n) is 7.07. The van der Waals surface area contributed by atoms with Crippen LogP contribution in [-0.4, -0.2) is 41.1 Å². The van der Waals surface area contributed by atoms with Crippen molar-refractivity contribution in [1.82, 2.24) is 10.1 Å². The zero-order valence-corrected chi connectivity index (χ0v) is 13.5. The third-order valence-corrected chi connectivity index (χ3v) is 2.72. The van der Waals surface area contributed by atoms with Crippen molar-refractivity contribution >= 4 is 5.97 Å². The number of nitrogens with zero attached hydrogens (tertiary/aromatic N) is 3. The van der Waals surface area contributed by atoms with Crippen LogP contribution >= 0.6 is 0 Å². The molecule has 0 saturated heterocycles. The smallest absolute Gasteiger partial charge is 0.411 e. The summed E-state index contributed by atoms with van der Waals surface area (Å²) >= 11 is 0. The predicted molar refractivity (Wildman–Crippen MR) is 77.8 cm³/mol. The van der Waals surface area contributed by atoms with Gasteiger partial charge in [-0.05, 0) is 5.10 Å². The normalized spacial score (nSPS) is 10.8. The van der Waals surface area contributed by atoms with Crippen molar-refractivity contribution in [2.45, 2.75) is 19.1 Å². The highest BCUT2D eigenvalue weighted by atomic mass is 19.4. The molecular formula is C15H15F5N3O3+. The number of aromatic nitrogens is 3. The quantitative estimate of drug-likeness (QED) is 0.637. The molecular weight excluding hydrogens is 365 g/mol. The lowest BCUT2D eigenvalue weighted by atomic mass is 10.2. The Morgan fingerprint density at radius 2 is 2.00 bits per heavy atom. The molecule has 0 aliphatic carbocycles. The summed E-state index contributed by atoms with van der Waals surface area (Å²) in [7, 11) is 1.01. The molecule has 0 spiro atoms. The standard InChI is InChI=1S/C12H9F2N3O2.C3H5F3O/c13-9-5-10(14)12(15-7-9)8-1-3-17(16-6-8)4-2-11(18)19;1-7-2-3(4,5)6/h1,3,5-7H,2,4H2;2H2,1H3/p+1. The number of hydrogen-bond donors (Lipinski definition) is 1. The molecule has 11 heteroatoms. The number of alkyl halides is 3. The second-order valence-corrected chi connectivity index (χ2v) is 4.85. The van der Waals surface area contributed by atoms with E-state index in [4.69, 9.17) is 5.11 Å². The van der Waals surface area contributed by atoms with Crippen LogP contribution in [0.15, 0.2) is 30.7 Å². The van der Waals surface area contributed by atoms with E-state index in [9.17, 15) is 26.7 Å². The van der Waals surface area contributed by atoms with Crippen LogP contribution in [0, 0.1) is 11.6 Å². The number of carboxylic acid groups (broad SMARTS) is 1. The van der Waals surface area contributed by atoms with Gasteiger partial charge in [0.25, 0.3) is 0 Å². The molecule has 26 heavy (non-hydrogen) atoms. The molecule has 6 nitrogen and oxygen atoms in total. The molecule has 142 valence electrons. The summed E-state index contributed by atoms with van der Waals surface area (Å²) in [6.45, 7) is -0.943. The number of methoxy groups -OCH3 is 1. The highest BCUT2D eigenvalue weighted by Gasteiger charge is 2.26. The lowest BCUT2D eigenvalue weighted by molar-refractivity contribution is -0.752. The zero-order valence-electron chi connectivity index (χ0n) is 13.5. The van der Waals surface area contributed by atoms with Crippen LogP contribution in [-0.2, 0) is 16.1 Å². The maximum absolute atomic E-state index is 13.5. The van der Waals surface area contributed by atoms with Gasteiger partial charge in [0.2, 0.25) is 0 Å². The Bertz CT molecular complexity index is 723. The van der Waals surface area contributed by atoms with E-state index in [0.29, 0.717) is 5.56 Å². The van der Waals surface area contributed by atoms with Crippen LogP contribution in [0.3, 0.4) is 0 Å². The summed E-state index contributed by atoms with van der Waals surface area (Å²) in [5.74, 6) is -2.45. The van der Waals surface area contributed by atoms with E-state index in [1.807, 2.05) is 0 Å². The highest BCUT2D eigenvalue weighted by Crippen LogP contribution is 2.18. The Hall–Kier alpha value is -2.69. The maximum atomic E-state index is 13.5. The zero-order chi connectivity index (χ0) is 19.7. The second-order valence-electron chi connectivity index (χ2n) is 4.85. The van der Waals surface area contributed by atoms with Crippen molar-refractivity contribution in [3.8, 4) is 11.3 Å². The molecule has 0 atom stereocenters. The molecule has 0 saturated carbocycles. The summed E-state index contributed by atoms with van der Waals surface area (Å²) in [5.41, 5.74) is 0.392. The Morgan fingerprint density at radius 3 is 2.42 bits per heavy atom. The van der Waals surface area contributed by atoms with Crippen molar-refractivity contribution in [1.29, 1.82) is 0 Å². The molecule has 2 heterocycles. The van der Waals surface area contributed by atoms with Crippen LogP contribution in [0.25, 0.3) is 11.3 Å². The fourth-order valence-corrected chi connectivity index (χ4v) is 1.66. The minimum atomic E-state index is -4.17. The topological polar surface area (TPSA) is 76.2 Å². The molecule has 0 aromatic carbocycles. The molecule has 0 aliphatic rings. The fourth-order valence-electron chi connectivity index (χ4n) is 1.66. The molecule has 0 amide bonds. The first-order valence-corrected chi connectivity index (χ1v) is 7.07. The number of hydrogen-bond acceptors (Lipinski definition) is 4. The average Bonchev–Trinajstić information content (AvgIpc) is 2.53. The number of aliphatic carboxylic acids is 1. The summed E-state index contributed by atoms with van der Waals surface area (Å²) in [6, 6.07) is 2.28. The molecule has 0 radical (unpaired) electrons. The third-order valence-electron chi connectivity index (χ3n) is 2.72. The molecule has 2 rings (SSSR count). The van der Waals surface area contributed by atoms with Gasteiger partial charge in [-0.25, -0.2) is 8.78 Å². The van der Waals surface area contributed by atoms with Gasteiger partial charge in [-0.15, -0.1) is 0 Å². The van der Waals surface area contributed by atoms with Gasteiger partial charge in [0, 0.05) is 24.8 Å². The van der Waals surface area contributed by atoms with Crippen LogP contribution in [0.4, 0.5) is 22.0 Å². The van der Waals surface area contributed by atoms with Crippen molar-refractivity contribution in [3.63, 3.8) is 0 Å². The molecule has 0 unspecified atom stereocenters. The second kappa shape index (κ2) is 9.70. The average molecular weight is 380 g/mol. The van der Waals surface area contributed by atoms with Crippen molar-refractivity contribution in [2.75, 3.05) is 13.7 Å². The van der Waals surface area contributed by atoms with Gasteiger partial charge >= 0.3 is 12.1 Å². The number of carbonyl (C=O) groups is 1. The number of aryl methyl sites for hydroxylation is 1.